The van der Waals surface area contributed by atoms with Gasteiger partial charge < -0.3 is 13.9 Å². The quantitative estimate of drug-likeness (QED) is 0.343. The van der Waals surface area contributed by atoms with Gasteiger partial charge in [0.25, 0.3) is 0 Å². The molecule has 0 aromatic rings. The summed E-state index contributed by atoms with van der Waals surface area (Å²) < 4.78 is 16.8. The second-order valence-corrected chi connectivity index (χ2v) is 9.81. The van der Waals surface area contributed by atoms with Crippen molar-refractivity contribution in [2.75, 3.05) is 19.8 Å². The fourth-order valence-electron chi connectivity index (χ4n) is 1.81. The molecule has 1 heterocycles. The molecule has 2 atom stereocenters. The topological polar surface area (TPSA) is 31.0 Å². The van der Waals surface area contributed by atoms with E-state index in [9.17, 15) is 0 Å². The summed E-state index contributed by atoms with van der Waals surface area (Å²) in [7, 11) is -1.40. The third-order valence-electron chi connectivity index (χ3n) is 3.59. The van der Waals surface area contributed by atoms with Crippen molar-refractivity contribution >= 4 is 8.32 Å². The minimum Gasteiger partial charge on any atom is -0.414 e. The Labute approximate surface area is 107 Å². The lowest BCUT2D eigenvalue weighted by Gasteiger charge is -2.29. The van der Waals surface area contributed by atoms with Crippen LogP contribution in [-0.2, 0) is 13.9 Å². The third-order valence-corrected chi connectivity index (χ3v) is 7.55. The summed E-state index contributed by atoms with van der Waals surface area (Å²) in [6.07, 6.45) is 2.96. The van der Waals surface area contributed by atoms with Gasteiger partial charge >= 0.3 is 0 Å². The van der Waals surface area contributed by atoms with Gasteiger partial charge in [-0.25, -0.2) is 0 Å². The lowest BCUT2D eigenvalue weighted by atomic mass is 10.2. The maximum atomic E-state index is 6.23. The van der Waals surface area contributed by atoms with Crippen molar-refractivity contribution in [2.45, 2.75) is 64.5 Å². The van der Waals surface area contributed by atoms with Crippen LogP contribution in [0.25, 0.3) is 0 Å². The molecule has 2 unspecified atom stereocenters. The highest BCUT2D eigenvalue weighted by atomic mass is 28.4. The minimum absolute atomic E-state index is 0.382. The molecule has 0 aliphatic carbocycles. The molecule has 0 aromatic heterocycles. The molecule has 0 aromatic carbocycles. The molecule has 4 heteroatoms. The van der Waals surface area contributed by atoms with Crippen molar-refractivity contribution in [1.82, 2.24) is 0 Å². The molecule has 1 aliphatic rings. The molecule has 0 amide bonds. The average Bonchev–Trinajstić information content (AvgIpc) is 3.12. The molecule has 0 N–H and O–H groups in total. The molecule has 0 bridgehead atoms. The van der Waals surface area contributed by atoms with Gasteiger partial charge in [-0.1, -0.05) is 13.8 Å². The van der Waals surface area contributed by atoms with E-state index < -0.39 is 8.32 Å². The summed E-state index contributed by atoms with van der Waals surface area (Å²) in [5.41, 5.74) is 0. The van der Waals surface area contributed by atoms with Crippen LogP contribution < -0.4 is 0 Å². The van der Waals surface area contributed by atoms with E-state index >= 15 is 0 Å². The van der Waals surface area contributed by atoms with Gasteiger partial charge in [0.15, 0.2) is 8.32 Å². The summed E-state index contributed by atoms with van der Waals surface area (Å²) >= 11 is 0. The second-order valence-electron chi connectivity index (χ2n) is 5.26. The van der Waals surface area contributed by atoms with Crippen LogP contribution >= 0.6 is 0 Å². The van der Waals surface area contributed by atoms with Crippen molar-refractivity contribution in [3.8, 4) is 0 Å². The number of rotatable bonds is 10. The Morgan fingerprint density at radius 2 is 2.00 bits per heavy atom. The Morgan fingerprint density at radius 3 is 2.53 bits per heavy atom. The first kappa shape index (κ1) is 15.2. The molecule has 0 saturated carbocycles. The van der Waals surface area contributed by atoms with E-state index in [0.717, 1.165) is 32.7 Å². The zero-order valence-electron chi connectivity index (χ0n) is 11.8. The van der Waals surface area contributed by atoms with Gasteiger partial charge in [-0.15, -0.1) is 0 Å². The van der Waals surface area contributed by atoms with Crippen LogP contribution in [0.4, 0.5) is 0 Å². The molecule has 1 saturated heterocycles. The van der Waals surface area contributed by atoms with Crippen molar-refractivity contribution in [1.29, 1.82) is 0 Å². The molecule has 3 nitrogen and oxygen atoms in total. The first-order chi connectivity index (χ1) is 8.09. The number of hydrogen-bond donors (Lipinski definition) is 0. The van der Waals surface area contributed by atoms with Crippen molar-refractivity contribution in [3.63, 3.8) is 0 Å². The fraction of sp³-hybridized carbons (Fsp3) is 1.00. The summed E-state index contributed by atoms with van der Waals surface area (Å²) in [6, 6.07) is 2.42. The van der Waals surface area contributed by atoms with Crippen LogP contribution in [0.5, 0.6) is 0 Å². The Kier molecular flexibility index (Phi) is 6.70. The van der Waals surface area contributed by atoms with Crippen molar-refractivity contribution in [3.05, 3.63) is 0 Å². The smallest absolute Gasteiger partial charge is 0.189 e. The normalized spacial score (nSPS) is 21.5. The summed E-state index contributed by atoms with van der Waals surface area (Å²) in [6.45, 7) is 11.5. The number of epoxide rings is 1. The Morgan fingerprint density at radius 1 is 1.35 bits per heavy atom. The fourth-order valence-corrected chi connectivity index (χ4v) is 3.74. The van der Waals surface area contributed by atoms with Gasteiger partial charge in [0.2, 0.25) is 0 Å². The van der Waals surface area contributed by atoms with Crippen LogP contribution in [0.1, 0.15) is 33.6 Å². The highest BCUT2D eigenvalue weighted by Gasteiger charge is 2.26. The molecular formula is C13H28O3Si. The van der Waals surface area contributed by atoms with Crippen molar-refractivity contribution in [2.24, 2.45) is 0 Å². The molecular weight excluding hydrogens is 232 g/mol. The largest absolute Gasteiger partial charge is 0.414 e. The predicted molar refractivity (Wildman–Crippen MR) is 72.9 cm³/mol. The Balaban J connectivity index is 2.00. The standard InChI is InChI=1S/C13H28O3Si/c1-5-17(4,6-2)16-12(3)8-7-9-14-10-13-11-15-13/h12-13H,5-11H2,1-4H3. The Hall–Kier alpha value is 0.0969. The maximum absolute atomic E-state index is 6.23. The number of hydrogen-bond acceptors (Lipinski definition) is 3. The lowest BCUT2D eigenvalue weighted by Crippen LogP contribution is -2.36. The van der Waals surface area contributed by atoms with Gasteiger partial charge in [-0.2, -0.15) is 0 Å². The summed E-state index contributed by atoms with van der Waals surface area (Å²) in [5.74, 6) is 0. The van der Waals surface area contributed by atoms with Gasteiger partial charge in [-0.3, -0.25) is 0 Å². The SMILES string of the molecule is CC[Si](C)(CC)OC(C)CCCOCC1CO1. The summed E-state index contributed by atoms with van der Waals surface area (Å²) in [5, 5.41) is 0. The monoisotopic (exact) mass is 260 g/mol. The van der Waals surface area contributed by atoms with Crippen LogP contribution in [0.15, 0.2) is 0 Å². The van der Waals surface area contributed by atoms with Gasteiger partial charge in [-0.05, 0) is 38.4 Å². The molecule has 102 valence electrons. The van der Waals surface area contributed by atoms with Crippen LogP contribution in [0.2, 0.25) is 18.6 Å². The zero-order chi connectivity index (χ0) is 12.7. The molecule has 0 radical (unpaired) electrons. The minimum atomic E-state index is -1.40. The molecule has 0 spiro atoms. The average molecular weight is 260 g/mol. The second kappa shape index (κ2) is 7.51. The molecule has 1 fully saturated rings. The van der Waals surface area contributed by atoms with Crippen LogP contribution in [-0.4, -0.2) is 40.3 Å². The van der Waals surface area contributed by atoms with Gasteiger partial charge in [0, 0.05) is 12.7 Å². The predicted octanol–water partition coefficient (Wildman–Crippen LogP) is 3.20. The van der Waals surface area contributed by atoms with E-state index in [0.29, 0.717) is 12.2 Å². The van der Waals surface area contributed by atoms with Gasteiger partial charge in [0.1, 0.15) is 6.10 Å². The van der Waals surface area contributed by atoms with Gasteiger partial charge in [0.05, 0.1) is 13.2 Å². The first-order valence-corrected chi connectivity index (χ1v) is 9.79. The van der Waals surface area contributed by atoms with Crippen LogP contribution in [0.3, 0.4) is 0 Å². The molecule has 17 heavy (non-hydrogen) atoms. The van der Waals surface area contributed by atoms with Crippen molar-refractivity contribution < 1.29 is 13.9 Å². The van der Waals surface area contributed by atoms with E-state index in [4.69, 9.17) is 13.9 Å². The Bertz CT molecular complexity index is 203. The highest BCUT2D eigenvalue weighted by Crippen LogP contribution is 2.20. The molecule has 1 rings (SSSR count). The van der Waals surface area contributed by atoms with Crippen LogP contribution in [0, 0.1) is 0 Å². The summed E-state index contributed by atoms with van der Waals surface area (Å²) in [4.78, 5) is 0. The maximum Gasteiger partial charge on any atom is 0.189 e. The van der Waals surface area contributed by atoms with E-state index in [1.165, 1.54) is 12.1 Å². The van der Waals surface area contributed by atoms with E-state index in [2.05, 4.69) is 27.3 Å². The third kappa shape index (κ3) is 6.55. The van der Waals surface area contributed by atoms with E-state index in [1.54, 1.807) is 0 Å². The zero-order valence-corrected chi connectivity index (χ0v) is 12.8. The number of ether oxygens (including phenoxy) is 2. The highest BCUT2D eigenvalue weighted by molar-refractivity contribution is 6.72. The van der Waals surface area contributed by atoms with E-state index in [-0.39, 0.29) is 0 Å². The van der Waals surface area contributed by atoms with E-state index in [1.807, 2.05) is 0 Å². The lowest BCUT2D eigenvalue weighted by molar-refractivity contribution is 0.102. The first-order valence-electron chi connectivity index (χ1n) is 6.96. The molecule has 1 aliphatic heterocycles.